The molecule has 4 aromatic rings. The average Bonchev–Trinajstić information content (AvgIpc) is 3.33. The van der Waals surface area contributed by atoms with Crippen LogP contribution in [0.2, 0.25) is 0 Å². The standard InChI is InChI=1S/C20H20N8/c1-3-13-26(14-4-2)20(28-19-12-8-6-10-17(19)23-25-28)21-15-27-18-11-7-5-9-16(18)22-24-27/h3-12H,1-2,13-15H2/b21-20+. The van der Waals surface area contributed by atoms with Gasteiger partial charge in [-0.3, -0.25) is 0 Å². The number of hydrogen-bond acceptors (Lipinski definition) is 5. The molecule has 0 saturated heterocycles. The molecule has 28 heavy (non-hydrogen) atoms. The summed E-state index contributed by atoms with van der Waals surface area (Å²) in [5.74, 6) is 0.646. The zero-order valence-electron chi connectivity index (χ0n) is 15.4. The fourth-order valence-electron chi connectivity index (χ4n) is 3.02. The monoisotopic (exact) mass is 372 g/mol. The van der Waals surface area contributed by atoms with E-state index in [0.29, 0.717) is 25.7 Å². The van der Waals surface area contributed by atoms with Gasteiger partial charge in [-0.15, -0.1) is 23.4 Å². The van der Waals surface area contributed by atoms with Crippen molar-refractivity contribution in [1.29, 1.82) is 0 Å². The van der Waals surface area contributed by atoms with Gasteiger partial charge in [0, 0.05) is 13.1 Å². The molecular formula is C20H20N8. The summed E-state index contributed by atoms with van der Waals surface area (Å²) < 4.78 is 3.50. The molecule has 0 aliphatic heterocycles. The summed E-state index contributed by atoms with van der Waals surface area (Å²) in [6.07, 6.45) is 3.64. The predicted molar refractivity (Wildman–Crippen MR) is 110 cm³/mol. The Morgan fingerprint density at radius 2 is 1.50 bits per heavy atom. The number of para-hydroxylation sites is 2. The number of nitrogens with zero attached hydrogens (tertiary/aromatic N) is 8. The molecule has 0 N–H and O–H groups in total. The van der Waals surface area contributed by atoms with Gasteiger partial charge in [0.25, 0.3) is 0 Å². The van der Waals surface area contributed by atoms with Gasteiger partial charge in [0.05, 0.1) is 11.0 Å². The maximum atomic E-state index is 4.81. The first-order chi connectivity index (χ1) is 13.8. The third-order valence-electron chi connectivity index (χ3n) is 4.29. The summed E-state index contributed by atoms with van der Waals surface area (Å²) in [4.78, 5) is 6.84. The lowest BCUT2D eigenvalue weighted by molar-refractivity contribution is 0.477. The van der Waals surface area contributed by atoms with E-state index in [9.17, 15) is 0 Å². The summed E-state index contributed by atoms with van der Waals surface area (Å²) in [5.41, 5.74) is 3.44. The molecule has 0 unspecified atom stereocenters. The number of hydrogen-bond donors (Lipinski definition) is 0. The van der Waals surface area contributed by atoms with Crippen molar-refractivity contribution in [2.45, 2.75) is 6.67 Å². The Morgan fingerprint density at radius 3 is 2.21 bits per heavy atom. The lowest BCUT2D eigenvalue weighted by Gasteiger charge is -2.23. The first-order valence-corrected chi connectivity index (χ1v) is 8.92. The van der Waals surface area contributed by atoms with Crippen molar-refractivity contribution in [3.05, 3.63) is 73.8 Å². The van der Waals surface area contributed by atoms with E-state index in [0.717, 1.165) is 22.1 Å². The van der Waals surface area contributed by atoms with Gasteiger partial charge in [-0.25, -0.2) is 9.67 Å². The van der Waals surface area contributed by atoms with Crippen LogP contribution in [0.15, 0.2) is 78.8 Å². The van der Waals surface area contributed by atoms with E-state index in [1.807, 2.05) is 65.6 Å². The lowest BCUT2D eigenvalue weighted by Crippen LogP contribution is -2.37. The molecule has 2 aromatic carbocycles. The minimum atomic E-state index is 0.300. The fourth-order valence-corrected chi connectivity index (χ4v) is 3.02. The van der Waals surface area contributed by atoms with Crippen LogP contribution in [0, 0.1) is 0 Å². The highest BCUT2D eigenvalue weighted by Gasteiger charge is 2.16. The van der Waals surface area contributed by atoms with Gasteiger partial charge in [0.2, 0.25) is 5.96 Å². The summed E-state index contributed by atoms with van der Waals surface area (Å²) in [5, 5.41) is 17.0. The highest BCUT2D eigenvalue weighted by Crippen LogP contribution is 2.13. The Kier molecular flexibility index (Phi) is 4.92. The summed E-state index contributed by atoms with van der Waals surface area (Å²) in [6.45, 7) is 9.20. The van der Waals surface area contributed by atoms with Crippen LogP contribution >= 0.6 is 0 Å². The van der Waals surface area contributed by atoms with Crippen LogP contribution in [0.25, 0.3) is 22.1 Å². The van der Waals surface area contributed by atoms with Crippen molar-refractivity contribution < 1.29 is 0 Å². The molecule has 0 spiro atoms. The van der Waals surface area contributed by atoms with Gasteiger partial charge < -0.3 is 4.90 Å². The normalized spacial score (nSPS) is 11.8. The first-order valence-electron chi connectivity index (χ1n) is 8.92. The number of benzene rings is 2. The Balaban J connectivity index is 1.78. The largest absolute Gasteiger partial charge is 0.334 e. The van der Waals surface area contributed by atoms with E-state index < -0.39 is 0 Å². The molecule has 4 rings (SSSR count). The highest BCUT2D eigenvalue weighted by atomic mass is 15.5. The Bertz CT molecular complexity index is 1140. The van der Waals surface area contributed by atoms with Crippen molar-refractivity contribution in [3.8, 4) is 0 Å². The molecule has 0 aliphatic carbocycles. The molecule has 0 amide bonds. The molecule has 8 heteroatoms. The molecule has 0 bridgehead atoms. The molecule has 0 fully saturated rings. The first kappa shape index (κ1) is 17.6. The van der Waals surface area contributed by atoms with Crippen molar-refractivity contribution in [2.75, 3.05) is 13.1 Å². The summed E-state index contributed by atoms with van der Waals surface area (Å²) in [7, 11) is 0. The minimum absolute atomic E-state index is 0.300. The van der Waals surface area contributed by atoms with Crippen molar-refractivity contribution in [1.82, 2.24) is 34.9 Å². The van der Waals surface area contributed by atoms with Gasteiger partial charge in [0.1, 0.15) is 17.7 Å². The molecule has 140 valence electrons. The quantitative estimate of drug-likeness (QED) is 0.295. The van der Waals surface area contributed by atoms with Gasteiger partial charge in [-0.1, -0.05) is 46.8 Å². The second-order valence-electron chi connectivity index (χ2n) is 6.15. The minimum Gasteiger partial charge on any atom is -0.334 e. The van der Waals surface area contributed by atoms with Gasteiger partial charge in [-0.05, 0) is 24.3 Å². The van der Waals surface area contributed by atoms with E-state index in [1.165, 1.54) is 0 Å². The molecular weight excluding hydrogens is 352 g/mol. The van der Waals surface area contributed by atoms with Gasteiger partial charge in [-0.2, -0.15) is 4.68 Å². The predicted octanol–water partition coefficient (Wildman–Crippen LogP) is 2.71. The van der Waals surface area contributed by atoms with E-state index in [4.69, 9.17) is 4.99 Å². The fraction of sp³-hybridized carbons (Fsp3) is 0.150. The third kappa shape index (κ3) is 3.27. The average molecular weight is 372 g/mol. The Labute approximate surface area is 162 Å². The molecule has 0 atom stereocenters. The van der Waals surface area contributed by atoms with Crippen LogP contribution in [-0.4, -0.2) is 53.9 Å². The van der Waals surface area contributed by atoms with E-state index in [2.05, 4.69) is 33.8 Å². The molecule has 8 nitrogen and oxygen atoms in total. The molecule has 2 aromatic heterocycles. The van der Waals surface area contributed by atoms with Crippen molar-refractivity contribution >= 4 is 28.0 Å². The topological polar surface area (TPSA) is 77.0 Å². The van der Waals surface area contributed by atoms with Crippen LogP contribution < -0.4 is 0 Å². The van der Waals surface area contributed by atoms with E-state index in [-0.39, 0.29) is 0 Å². The van der Waals surface area contributed by atoms with Crippen molar-refractivity contribution in [2.24, 2.45) is 4.99 Å². The SMILES string of the molecule is C=CCN(CC=C)/C(=N\Cn1nnc2ccccc21)n1nnc2ccccc21. The van der Waals surface area contributed by atoms with E-state index in [1.54, 1.807) is 9.36 Å². The lowest BCUT2D eigenvalue weighted by atomic mass is 10.3. The molecule has 0 radical (unpaired) electrons. The third-order valence-corrected chi connectivity index (χ3v) is 4.29. The van der Waals surface area contributed by atoms with Crippen LogP contribution in [0.4, 0.5) is 0 Å². The Morgan fingerprint density at radius 1 is 0.893 bits per heavy atom. The maximum absolute atomic E-state index is 4.81. The van der Waals surface area contributed by atoms with Crippen molar-refractivity contribution in [3.63, 3.8) is 0 Å². The molecule has 0 aliphatic rings. The highest BCUT2D eigenvalue weighted by molar-refractivity contribution is 5.91. The maximum Gasteiger partial charge on any atom is 0.226 e. The Hall–Kier alpha value is -3.81. The van der Waals surface area contributed by atoms with Gasteiger partial charge in [0.15, 0.2) is 0 Å². The molecule has 0 saturated carbocycles. The van der Waals surface area contributed by atoms with Crippen LogP contribution in [0.1, 0.15) is 0 Å². The molecule has 2 heterocycles. The second kappa shape index (κ2) is 7.83. The smallest absolute Gasteiger partial charge is 0.226 e. The number of fused-ring (bicyclic) bond motifs is 2. The van der Waals surface area contributed by atoms with Crippen LogP contribution in [0.3, 0.4) is 0 Å². The zero-order valence-corrected chi connectivity index (χ0v) is 15.4. The number of aromatic nitrogens is 6. The summed E-state index contributed by atoms with van der Waals surface area (Å²) >= 11 is 0. The van der Waals surface area contributed by atoms with Crippen LogP contribution in [0.5, 0.6) is 0 Å². The second-order valence-corrected chi connectivity index (χ2v) is 6.15. The summed E-state index contributed by atoms with van der Waals surface area (Å²) in [6, 6.07) is 15.6. The zero-order chi connectivity index (χ0) is 19.3. The van der Waals surface area contributed by atoms with Crippen LogP contribution in [-0.2, 0) is 6.67 Å². The number of aliphatic imine (C=N–C) groups is 1. The van der Waals surface area contributed by atoms with Gasteiger partial charge >= 0.3 is 0 Å². The van der Waals surface area contributed by atoms with E-state index >= 15 is 0 Å². The number of rotatable bonds is 6.